The van der Waals surface area contributed by atoms with E-state index >= 15 is 0 Å². The first-order chi connectivity index (χ1) is 10.8. The maximum absolute atomic E-state index is 5.33. The smallest absolute Gasteiger partial charge is 0.191 e. The molecule has 0 aromatic heterocycles. The number of nitrogens with zero attached hydrogens (tertiary/aromatic N) is 2. The fourth-order valence-corrected chi connectivity index (χ4v) is 2.96. The van der Waals surface area contributed by atoms with Crippen LogP contribution in [0.2, 0.25) is 0 Å². The molecule has 0 atom stereocenters. The van der Waals surface area contributed by atoms with E-state index in [2.05, 4.69) is 33.2 Å². The van der Waals surface area contributed by atoms with E-state index in [9.17, 15) is 0 Å². The van der Waals surface area contributed by atoms with Crippen LogP contribution in [-0.4, -0.2) is 63.3 Å². The molecule has 0 aromatic carbocycles. The van der Waals surface area contributed by atoms with Gasteiger partial charge in [-0.3, -0.25) is 9.89 Å². The van der Waals surface area contributed by atoms with Gasteiger partial charge in [0.25, 0.3) is 0 Å². The molecule has 2 aliphatic heterocycles. The van der Waals surface area contributed by atoms with Gasteiger partial charge >= 0.3 is 0 Å². The molecule has 0 saturated carbocycles. The predicted molar refractivity (Wildman–Crippen MR) is 108 cm³/mol. The van der Waals surface area contributed by atoms with Gasteiger partial charge in [-0.25, -0.2) is 0 Å². The van der Waals surface area contributed by atoms with Crippen LogP contribution in [0.3, 0.4) is 0 Å². The van der Waals surface area contributed by atoms with Gasteiger partial charge in [-0.15, -0.1) is 30.6 Å². The lowest BCUT2D eigenvalue weighted by atomic mass is 10.1. The highest BCUT2D eigenvalue weighted by atomic mass is 127. The van der Waals surface area contributed by atoms with Crippen molar-refractivity contribution < 1.29 is 4.74 Å². The molecule has 1 fully saturated rings. The van der Waals surface area contributed by atoms with E-state index in [1.54, 1.807) is 0 Å². The van der Waals surface area contributed by atoms with Gasteiger partial charge in [0, 0.05) is 39.3 Å². The number of piperidine rings is 1. The van der Waals surface area contributed by atoms with E-state index in [-0.39, 0.29) is 24.0 Å². The van der Waals surface area contributed by atoms with E-state index in [1.807, 2.05) is 13.1 Å². The number of hydrogen-bond donors (Lipinski definition) is 2. The van der Waals surface area contributed by atoms with Gasteiger partial charge < -0.3 is 15.4 Å². The molecule has 5 nitrogen and oxygen atoms in total. The summed E-state index contributed by atoms with van der Waals surface area (Å²) in [6.45, 7) is 9.64. The van der Waals surface area contributed by atoms with Crippen molar-refractivity contribution in [2.75, 3.05) is 46.4 Å². The second kappa shape index (κ2) is 11.9. The Kier molecular flexibility index (Phi) is 10.5. The fraction of sp³-hybridized carbons (Fsp3) is 0.706. The summed E-state index contributed by atoms with van der Waals surface area (Å²) < 4.78 is 5.33. The molecule has 0 amide bonds. The first-order valence-corrected chi connectivity index (χ1v) is 8.38. The second-order valence-electron chi connectivity index (χ2n) is 5.94. The van der Waals surface area contributed by atoms with E-state index in [0.29, 0.717) is 6.04 Å². The average Bonchev–Trinajstić information content (AvgIpc) is 2.57. The Bertz CT molecular complexity index is 403. The highest BCUT2D eigenvalue weighted by Gasteiger charge is 2.18. The minimum absolute atomic E-state index is 0. The molecule has 0 radical (unpaired) electrons. The lowest BCUT2D eigenvalue weighted by Crippen LogP contribution is -2.48. The van der Waals surface area contributed by atoms with Crippen molar-refractivity contribution >= 4 is 29.9 Å². The molecule has 0 spiro atoms. The van der Waals surface area contributed by atoms with Crippen LogP contribution in [0.1, 0.15) is 25.7 Å². The van der Waals surface area contributed by atoms with Crippen LogP contribution in [-0.2, 0) is 4.74 Å². The summed E-state index contributed by atoms with van der Waals surface area (Å²) in [5.41, 5.74) is 1.49. The SMILES string of the molecule is C=CCN1CCC(NC(=NC)NCCC2=CCOCC2)CC1.I. The molecule has 0 aromatic rings. The van der Waals surface area contributed by atoms with E-state index in [1.165, 1.54) is 5.57 Å². The van der Waals surface area contributed by atoms with E-state index < -0.39 is 0 Å². The first kappa shape index (κ1) is 20.4. The zero-order valence-corrected chi connectivity index (χ0v) is 16.6. The zero-order valence-electron chi connectivity index (χ0n) is 14.2. The Hall–Kier alpha value is -0.600. The number of nitrogens with one attached hydrogen (secondary N) is 2. The van der Waals surface area contributed by atoms with Crippen LogP contribution in [0.25, 0.3) is 0 Å². The number of rotatable bonds is 6. The topological polar surface area (TPSA) is 48.9 Å². The van der Waals surface area contributed by atoms with Crippen LogP contribution in [0.4, 0.5) is 0 Å². The number of likely N-dealkylation sites (tertiary alicyclic amines) is 1. The van der Waals surface area contributed by atoms with Gasteiger partial charge in [0.2, 0.25) is 0 Å². The molecular weight excluding hydrogens is 403 g/mol. The summed E-state index contributed by atoms with van der Waals surface area (Å²) in [7, 11) is 1.84. The van der Waals surface area contributed by atoms with Gasteiger partial charge in [-0.1, -0.05) is 17.7 Å². The number of hydrogen-bond acceptors (Lipinski definition) is 3. The Balaban J connectivity index is 0.00000264. The normalized spacial score (nSPS) is 20.4. The van der Waals surface area contributed by atoms with E-state index in [0.717, 1.165) is 71.0 Å². The highest BCUT2D eigenvalue weighted by molar-refractivity contribution is 14.0. The second-order valence-corrected chi connectivity index (χ2v) is 5.94. The zero-order chi connectivity index (χ0) is 15.6. The predicted octanol–water partition coefficient (Wildman–Crippen LogP) is 2.16. The Labute approximate surface area is 157 Å². The van der Waals surface area contributed by atoms with Gasteiger partial charge in [0.15, 0.2) is 5.96 Å². The van der Waals surface area contributed by atoms with Crippen molar-refractivity contribution in [3.05, 3.63) is 24.3 Å². The van der Waals surface area contributed by atoms with Crippen molar-refractivity contribution in [3.8, 4) is 0 Å². The largest absolute Gasteiger partial charge is 0.377 e. The van der Waals surface area contributed by atoms with Crippen LogP contribution < -0.4 is 10.6 Å². The molecular formula is C17H31IN4O. The van der Waals surface area contributed by atoms with Gasteiger partial charge in [-0.05, 0) is 25.7 Å². The standard InChI is InChI=1S/C17H30N4O.HI/c1-3-10-21-11-5-16(6-12-21)20-17(18-2)19-9-4-15-7-13-22-14-8-15;/h3,7,16H,1,4-6,8-14H2,2H3,(H2,18,19,20);1H. The molecule has 2 heterocycles. The summed E-state index contributed by atoms with van der Waals surface area (Å²) in [5.74, 6) is 0.926. The maximum Gasteiger partial charge on any atom is 0.191 e. The van der Waals surface area contributed by atoms with Crippen LogP contribution in [0.15, 0.2) is 29.3 Å². The number of ether oxygens (including phenoxy) is 1. The lowest BCUT2D eigenvalue weighted by molar-refractivity contribution is 0.153. The molecule has 2 rings (SSSR count). The number of aliphatic imine (C=N–C) groups is 1. The van der Waals surface area contributed by atoms with Crippen molar-refractivity contribution in [3.63, 3.8) is 0 Å². The number of halogens is 1. The third-order valence-electron chi connectivity index (χ3n) is 4.34. The monoisotopic (exact) mass is 434 g/mol. The van der Waals surface area contributed by atoms with Gasteiger partial charge in [0.1, 0.15) is 0 Å². The molecule has 23 heavy (non-hydrogen) atoms. The summed E-state index contributed by atoms with van der Waals surface area (Å²) >= 11 is 0. The molecule has 132 valence electrons. The summed E-state index contributed by atoms with van der Waals surface area (Å²) in [5, 5.41) is 6.98. The van der Waals surface area contributed by atoms with Crippen LogP contribution in [0.5, 0.6) is 0 Å². The quantitative estimate of drug-likeness (QED) is 0.291. The first-order valence-electron chi connectivity index (χ1n) is 8.38. The average molecular weight is 434 g/mol. The molecule has 1 saturated heterocycles. The van der Waals surface area contributed by atoms with E-state index in [4.69, 9.17) is 4.74 Å². The Morgan fingerprint density at radius 1 is 1.48 bits per heavy atom. The molecule has 2 N–H and O–H groups in total. The minimum Gasteiger partial charge on any atom is -0.377 e. The van der Waals surface area contributed by atoms with Gasteiger partial charge in [-0.2, -0.15) is 0 Å². The van der Waals surface area contributed by atoms with Gasteiger partial charge in [0.05, 0.1) is 13.2 Å². The molecule has 0 bridgehead atoms. The molecule has 2 aliphatic rings. The third-order valence-corrected chi connectivity index (χ3v) is 4.34. The van der Waals surface area contributed by atoms with Crippen LogP contribution in [0, 0.1) is 0 Å². The Morgan fingerprint density at radius 3 is 2.87 bits per heavy atom. The molecule has 0 unspecified atom stereocenters. The van der Waals surface area contributed by atoms with Crippen molar-refractivity contribution in [1.82, 2.24) is 15.5 Å². The maximum atomic E-state index is 5.33. The summed E-state index contributed by atoms with van der Waals surface area (Å²) in [6.07, 6.45) is 8.65. The third kappa shape index (κ3) is 7.67. The summed E-state index contributed by atoms with van der Waals surface area (Å²) in [4.78, 5) is 6.78. The fourth-order valence-electron chi connectivity index (χ4n) is 2.96. The number of guanidine groups is 1. The summed E-state index contributed by atoms with van der Waals surface area (Å²) in [6, 6.07) is 0.523. The molecule has 6 heteroatoms. The van der Waals surface area contributed by atoms with Crippen LogP contribution >= 0.6 is 24.0 Å². The van der Waals surface area contributed by atoms with Crippen molar-refractivity contribution in [2.45, 2.75) is 31.7 Å². The lowest BCUT2D eigenvalue weighted by Gasteiger charge is -2.32. The molecule has 0 aliphatic carbocycles. The minimum atomic E-state index is 0. The highest BCUT2D eigenvalue weighted by Crippen LogP contribution is 2.11. The Morgan fingerprint density at radius 2 is 2.26 bits per heavy atom. The van der Waals surface area contributed by atoms with Crippen molar-refractivity contribution in [2.24, 2.45) is 4.99 Å². The van der Waals surface area contributed by atoms with Crippen molar-refractivity contribution in [1.29, 1.82) is 0 Å².